The number of hydrogen-bond donors (Lipinski definition) is 1. The molecule has 0 spiro atoms. The highest BCUT2D eigenvalue weighted by molar-refractivity contribution is 5.24. The maximum absolute atomic E-state index is 11.9. The highest BCUT2D eigenvalue weighted by Crippen LogP contribution is 2.19. The summed E-state index contributed by atoms with van der Waals surface area (Å²) in [4.78, 5) is 0. The van der Waals surface area contributed by atoms with E-state index in [2.05, 4.69) is 4.74 Å². The molecule has 0 fully saturated rings. The first-order valence-corrected chi connectivity index (χ1v) is 6.32. The van der Waals surface area contributed by atoms with E-state index < -0.39 is 18.9 Å². The van der Waals surface area contributed by atoms with Gasteiger partial charge in [-0.2, -0.15) is 13.2 Å². The van der Waals surface area contributed by atoms with E-state index in [1.807, 2.05) is 12.1 Å². The van der Waals surface area contributed by atoms with Crippen LogP contribution in [0.3, 0.4) is 0 Å². The molecule has 0 aliphatic rings. The Bertz CT molecular complexity index is 376. The number of methoxy groups -OCH3 is 1. The lowest BCUT2D eigenvalue weighted by Gasteiger charge is -2.13. The van der Waals surface area contributed by atoms with Crippen LogP contribution < -0.4 is 0 Å². The number of rotatable bonds is 8. The van der Waals surface area contributed by atoms with Gasteiger partial charge in [-0.25, -0.2) is 0 Å². The normalized spacial score (nSPS) is 13.4. The van der Waals surface area contributed by atoms with Crippen molar-refractivity contribution in [2.75, 3.05) is 26.9 Å². The standard InChI is InChI=1S/C14H19F3O3/c1-19-8-6-11-2-4-12(5-3-11)13(18)7-9-20-10-14(15,16)17/h2-5,13,18H,6-10H2,1H3. The molecule has 0 saturated heterocycles. The second-order valence-electron chi connectivity index (χ2n) is 4.46. The first-order valence-electron chi connectivity index (χ1n) is 6.32. The molecule has 3 nitrogen and oxygen atoms in total. The number of hydrogen-bond acceptors (Lipinski definition) is 3. The molecule has 0 aromatic heterocycles. The van der Waals surface area contributed by atoms with Crippen molar-refractivity contribution in [2.45, 2.75) is 25.1 Å². The van der Waals surface area contributed by atoms with Crippen LogP contribution in [0.4, 0.5) is 13.2 Å². The summed E-state index contributed by atoms with van der Waals surface area (Å²) in [6, 6.07) is 7.27. The van der Waals surface area contributed by atoms with Crippen molar-refractivity contribution in [3.05, 3.63) is 35.4 Å². The molecule has 1 unspecified atom stereocenters. The second-order valence-corrected chi connectivity index (χ2v) is 4.46. The van der Waals surface area contributed by atoms with Gasteiger partial charge in [0.25, 0.3) is 0 Å². The van der Waals surface area contributed by atoms with Gasteiger partial charge in [-0.3, -0.25) is 0 Å². The monoisotopic (exact) mass is 292 g/mol. The predicted molar refractivity (Wildman–Crippen MR) is 68.5 cm³/mol. The zero-order valence-electron chi connectivity index (χ0n) is 11.3. The zero-order chi connectivity index (χ0) is 15.0. The molecule has 1 rings (SSSR count). The minimum Gasteiger partial charge on any atom is -0.388 e. The lowest BCUT2D eigenvalue weighted by atomic mass is 10.0. The van der Waals surface area contributed by atoms with Crippen molar-refractivity contribution in [2.24, 2.45) is 0 Å². The van der Waals surface area contributed by atoms with Gasteiger partial charge in [-0.15, -0.1) is 0 Å². The highest BCUT2D eigenvalue weighted by atomic mass is 19.4. The van der Waals surface area contributed by atoms with Gasteiger partial charge in [0.2, 0.25) is 0 Å². The van der Waals surface area contributed by atoms with Gasteiger partial charge in [0.15, 0.2) is 0 Å². The Kier molecular flexibility index (Phi) is 6.98. The van der Waals surface area contributed by atoms with Gasteiger partial charge >= 0.3 is 6.18 Å². The van der Waals surface area contributed by atoms with Crippen LogP contribution in [-0.2, 0) is 15.9 Å². The third kappa shape index (κ3) is 6.88. The molecule has 0 aliphatic carbocycles. The minimum absolute atomic E-state index is 0.132. The molecular weight excluding hydrogens is 273 g/mol. The average Bonchev–Trinajstić information content (AvgIpc) is 2.40. The lowest BCUT2D eigenvalue weighted by molar-refractivity contribution is -0.175. The topological polar surface area (TPSA) is 38.7 Å². The van der Waals surface area contributed by atoms with Crippen LogP contribution >= 0.6 is 0 Å². The third-order valence-corrected chi connectivity index (χ3v) is 2.76. The van der Waals surface area contributed by atoms with Crippen LogP contribution in [-0.4, -0.2) is 38.2 Å². The molecule has 1 N–H and O–H groups in total. The van der Waals surface area contributed by atoms with E-state index >= 15 is 0 Å². The molecule has 0 aliphatic heterocycles. The van der Waals surface area contributed by atoms with Crippen LogP contribution in [0.1, 0.15) is 23.7 Å². The molecule has 0 radical (unpaired) electrons. The quantitative estimate of drug-likeness (QED) is 0.749. The second kappa shape index (κ2) is 8.24. The molecule has 1 aromatic rings. The molecular formula is C14H19F3O3. The Morgan fingerprint density at radius 2 is 1.80 bits per heavy atom. The summed E-state index contributed by atoms with van der Waals surface area (Å²) < 4.78 is 45.0. The van der Waals surface area contributed by atoms with Crippen LogP contribution in [0.25, 0.3) is 0 Å². The molecule has 0 saturated carbocycles. The first kappa shape index (κ1) is 16.9. The maximum Gasteiger partial charge on any atom is 0.411 e. The number of ether oxygens (including phenoxy) is 2. The fourth-order valence-electron chi connectivity index (χ4n) is 1.68. The average molecular weight is 292 g/mol. The summed E-state index contributed by atoms with van der Waals surface area (Å²) in [7, 11) is 1.62. The van der Waals surface area contributed by atoms with Crippen molar-refractivity contribution in [3.63, 3.8) is 0 Å². The molecule has 0 bridgehead atoms. The Morgan fingerprint density at radius 1 is 1.15 bits per heavy atom. The molecule has 6 heteroatoms. The fraction of sp³-hybridized carbons (Fsp3) is 0.571. The maximum atomic E-state index is 11.9. The molecule has 0 amide bonds. The van der Waals surface area contributed by atoms with Crippen molar-refractivity contribution >= 4 is 0 Å². The zero-order valence-corrected chi connectivity index (χ0v) is 11.3. The van der Waals surface area contributed by atoms with Crippen LogP contribution in [0.5, 0.6) is 0 Å². The number of alkyl halides is 3. The highest BCUT2D eigenvalue weighted by Gasteiger charge is 2.27. The van der Waals surface area contributed by atoms with E-state index in [1.165, 1.54) is 0 Å². The molecule has 1 atom stereocenters. The van der Waals surface area contributed by atoms with Gasteiger partial charge in [-0.1, -0.05) is 24.3 Å². The Labute approximate surface area is 116 Å². The van der Waals surface area contributed by atoms with E-state index in [0.29, 0.717) is 12.2 Å². The lowest BCUT2D eigenvalue weighted by Crippen LogP contribution is -2.18. The Hall–Kier alpha value is -1.11. The van der Waals surface area contributed by atoms with E-state index in [4.69, 9.17) is 4.74 Å². The SMILES string of the molecule is COCCc1ccc(C(O)CCOCC(F)(F)F)cc1. The molecule has 0 heterocycles. The van der Waals surface area contributed by atoms with Gasteiger partial charge in [0, 0.05) is 20.1 Å². The summed E-state index contributed by atoms with van der Waals surface area (Å²) >= 11 is 0. The van der Waals surface area contributed by atoms with Gasteiger partial charge < -0.3 is 14.6 Å². The van der Waals surface area contributed by atoms with Gasteiger partial charge in [0.1, 0.15) is 6.61 Å². The Morgan fingerprint density at radius 3 is 2.35 bits per heavy atom. The smallest absolute Gasteiger partial charge is 0.388 e. The van der Waals surface area contributed by atoms with Crippen molar-refractivity contribution in [1.29, 1.82) is 0 Å². The van der Waals surface area contributed by atoms with Crippen LogP contribution in [0.15, 0.2) is 24.3 Å². The summed E-state index contributed by atoms with van der Waals surface area (Å²) in [6.45, 7) is -0.797. The number of aliphatic hydroxyl groups excluding tert-OH is 1. The van der Waals surface area contributed by atoms with E-state index in [9.17, 15) is 18.3 Å². The van der Waals surface area contributed by atoms with E-state index in [0.717, 1.165) is 12.0 Å². The Balaban J connectivity index is 2.34. The predicted octanol–water partition coefficient (Wildman–Crippen LogP) is 2.88. The summed E-state index contributed by atoms with van der Waals surface area (Å²) in [5.74, 6) is 0. The molecule has 114 valence electrons. The van der Waals surface area contributed by atoms with Gasteiger partial charge in [-0.05, 0) is 17.5 Å². The van der Waals surface area contributed by atoms with Gasteiger partial charge in [0.05, 0.1) is 12.7 Å². The number of aliphatic hydroxyl groups is 1. The summed E-state index contributed by atoms with van der Waals surface area (Å²) in [5, 5.41) is 9.83. The largest absolute Gasteiger partial charge is 0.411 e. The summed E-state index contributed by atoms with van der Waals surface area (Å²) in [6.07, 6.45) is -4.23. The van der Waals surface area contributed by atoms with Crippen LogP contribution in [0, 0.1) is 0 Å². The van der Waals surface area contributed by atoms with Crippen molar-refractivity contribution in [1.82, 2.24) is 0 Å². The minimum atomic E-state index is -4.33. The number of halogens is 3. The van der Waals surface area contributed by atoms with E-state index in [-0.39, 0.29) is 13.0 Å². The summed E-state index contributed by atoms with van der Waals surface area (Å²) in [5.41, 5.74) is 1.75. The third-order valence-electron chi connectivity index (χ3n) is 2.76. The number of benzene rings is 1. The fourth-order valence-corrected chi connectivity index (χ4v) is 1.68. The molecule has 20 heavy (non-hydrogen) atoms. The van der Waals surface area contributed by atoms with Crippen molar-refractivity contribution in [3.8, 4) is 0 Å². The van der Waals surface area contributed by atoms with E-state index in [1.54, 1.807) is 19.2 Å². The molecule has 1 aromatic carbocycles. The first-order chi connectivity index (χ1) is 9.42. The van der Waals surface area contributed by atoms with Crippen molar-refractivity contribution < 1.29 is 27.8 Å². The van der Waals surface area contributed by atoms with Crippen LogP contribution in [0.2, 0.25) is 0 Å².